The Hall–Kier alpha value is -0.610. The van der Waals surface area contributed by atoms with Gasteiger partial charge >= 0.3 is 5.97 Å². The van der Waals surface area contributed by atoms with Crippen LogP contribution in [0.4, 0.5) is 0 Å². The number of hydrogen-bond acceptors (Lipinski definition) is 3. The van der Waals surface area contributed by atoms with E-state index in [1.54, 1.807) is 0 Å². The molecule has 0 amide bonds. The minimum atomic E-state index is -0.961. The van der Waals surface area contributed by atoms with Crippen molar-refractivity contribution >= 4 is 5.97 Å². The minimum absolute atomic E-state index is 0.153. The zero-order chi connectivity index (χ0) is 8.41. The Balaban J connectivity index is 0. The molecule has 3 N–H and O–H groups in total. The van der Waals surface area contributed by atoms with Crippen molar-refractivity contribution in [2.75, 3.05) is 13.2 Å². The molecule has 0 atom stereocenters. The number of aliphatic hydroxyl groups is 2. The van der Waals surface area contributed by atoms with Crippen molar-refractivity contribution in [2.24, 2.45) is 0 Å². The van der Waals surface area contributed by atoms with Crippen molar-refractivity contribution in [3.05, 3.63) is 0 Å². The fourth-order valence-electron chi connectivity index (χ4n) is 0.0956. The van der Waals surface area contributed by atoms with Gasteiger partial charge in [0.05, 0.1) is 13.0 Å². The second kappa shape index (κ2) is 11.2. The molecular formula is C6H14O4. The van der Waals surface area contributed by atoms with E-state index >= 15 is 0 Å². The molecule has 0 saturated heterocycles. The summed E-state index contributed by atoms with van der Waals surface area (Å²) >= 11 is 0. The molecular weight excluding hydrogens is 136 g/mol. The van der Waals surface area contributed by atoms with Crippen LogP contribution in [-0.4, -0.2) is 34.5 Å². The molecule has 0 saturated carbocycles. The van der Waals surface area contributed by atoms with E-state index in [9.17, 15) is 4.79 Å². The normalized spacial score (nSPS) is 7.90. The molecule has 0 radical (unpaired) electrons. The van der Waals surface area contributed by atoms with Crippen LogP contribution in [0.3, 0.4) is 0 Å². The maximum Gasteiger partial charge on any atom is 0.305 e. The summed E-state index contributed by atoms with van der Waals surface area (Å²) < 4.78 is 0. The highest BCUT2D eigenvalue weighted by Gasteiger charge is 1.88. The molecule has 0 aromatic heterocycles. The summed E-state index contributed by atoms with van der Waals surface area (Å²) in [5, 5.41) is 23.5. The maximum absolute atomic E-state index is 9.44. The van der Waals surface area contributed by atoms with Gasteiger partial charge in [0.2, 0.25) is 0 Å². The van der Waals surface area contributed by atoms with Gasteiger partial charge in [-0.1, -0.05) is 6.92 Å². The lowest BCUT2D eigenvalue weighted by Gasteiger charge is -1.79. The van der Waals surface area contributed by atoms with Crippen LogP contribution in [0, 0.1) is 0 Å². The van der Waals surface area contributed by atoms with Crippen LogP contribution in [0.25, 0.3) is 0 Å². The average Bonchev–Trinajstić information content (AvgIpc) is 1.89. The van der Waals surface area contributed by atoms with E-state index < -0.39 is 5.97 Å². The summed E-state index contributed by atoms with van der Waals surface area (Å²) in [6, 6.07) is 0. The molecule has 0 aliphatic heterocycles. The van der Waals surface area contributed by atoms with Crippen molar-refractivity contribution < 1.29 is 20.1 Å². The number of aliphatic hydroxyl groups excluding tert-OH is 2. The van der Waals surface area contributed by atoms with Crippen molar-refractivity contribution in [3.8, 4) is 0 Å². The van der Waals surface area contributed by atoms with Crippen LogP contribution in [-0.2, 0) is 4.79 Å². The monoisotopic (exact) mass is 150 g/mol. The highest BCUT2D eigenvalue weighted by molar-refractivity contribution is 5.66. The van der Waals surface area contributed by atoms with Gasteiger partial charge in [0.15, 0.2) is 0 Å². The Kier molecular flexibility index (Phi) is 13.6. The fraction of sp³-hybridized carbons (Fsp3) is 0.833. The summed E-state index contributed by atoms with van der Waals surface area (Å²) in [5.74, 6) is -0.961. The van der Waals surface area contributed by atoms with E-state index in [0.29, 0.717) is 6.61 Å². The Bertz CT molecular complexity index is 70.1. The van der Waals surface area contributed by atoms with E-state index in [-0.39, 0.29) is 13.0 Å². The maximum atomic E-state index is 9.44. The quantitative estimate of drug-likeness (QED) is 0.522. The van der Waals surface area contributed by atoms with Gasteiger partial charge in [-0.15, -0.1) is 0 Å². The van der Waals surface area contributed by atoms with Crippen molar-refractivity contribution in [1.82, 2.24) is 0 Å². The average molecular weight is 150 g/mol. The van der Waals surface area contributed by atoms with Gasteiger partial charge in [-0.25, -0.2) is 0 Å². The van der Waals surface area contributed by atoms with Crippen LogP contribution in [0.1, 0.15) is 19.8 Å². The molecule has 10 heavy (non-hydrogen) atoms. The van der Waals surface area contributed by atoms with E-state index in [0.717, 1.165) is 6.42 Å². The summed E-state index contributed by atoms with van der Waals surface area (Å²) in [5.41, 5.74) is 0. The van der Waals surface area contributed by atoms with Crippen molar-refractivity contribution in [2.45, 2.75) is 19.8 Å². The minimum Gasteiger partial charge on any atom is -0.481 e. The van der Waals surface area contributed by atoms with Crippen LogP contribution in [0.2, 0.25) is 0 Å². The van der Waals surface area contributed by atoms with Gasteiger partial charge in [-0.2, -0.15) is 0 Å². The summed E-state index contributed by atoms with van der Waals surface area (Å²) in [6.45, 7) is 1.98. The number of hydrogen-bond donors (Lipinski definition) is 3. The van der Waals surface area contributed by atoms with Crippen LogP contribution in [0.15, 0.2) is 0 Å². The molecule has 0 rings (SSSR count). The van der Waals surface area contributed by atoms with Gasteiger partial charge in [-0.05, 0) is 6.42 Å². The first kappa shape index (κ1) is 12.1. The molecule has 0 heterocycles. The fourth-order valence-corrected chi connectivity index (χ4v) is 0.0956. The number of carboxylic acids is 1. The summed E-state index contributed by atoms with van der Waals surface area (Å²) in [4.78, 5) is 9.44. The zero-order valence-electron chi connectivity index (χ0n) is 6.08. The molecule has 0 spiro atoms. The second-order valence-electron chi connectivity index (χ2n) is 1.59. The Morgan fingerprint density at radius 1 is 1.30 bits per heavy atom. The smallest absolute Gasteiger partial charge is 0.305 e. The zero-order valence-corrected chi connectivity index (χ0v) is 6.08. The van der Waals surface area contributed by atoms with Crippen LogP contribution < -0.4 is 0 Å². The predicted octanol–water partition coefficient (Wildman–Crippen LogP) is -0.158. The number of carbonyl (C=O) groups is 1. The molecule has 4 heteroatoms. The first-order chi connectivity index (χ1) is 4.68. The molecule has 0 bridgehead atoms. The van der Waals surface area contributed by atoms with Gasteiger partial charge in [0, 0.05) is 6.61 Å². The largest absolute Gasteiger partial charge is 0.481 e. The third-order valence-corrected chi connectivity index (χ3v) is 0.549. The number of rotatable bonds is 3. The van der Waals surface area contributed by atoms with Crippen molar-refractivity contribution in [1.29, 1.82) is 0 Å². The lowest BCUT2D eigenvalue weighted by molar-refractivity contribution is -0.137. The Labute approximate surface area is 60.1 Å². The first-order valence-corrected chi connectivity index (χ1v) is 3.12. The lowest BCUT2D eigenvalue weighted by atomic mass is 10.5. The second-order valence-corrected chi connectivity index (χ2v) is 1.59. The first-order valence-electron chi connectivity index (χ1n) is 3.12. The standard InChI is InChI=1S/C3H6O3.C3H8O/c4-2-1-3(5)6;1-2-3-4/h4H,1-2H2,(H,5,6);4H,2-3H2,1H3. The predicted molar refractivity (Wildman–Crippen MR) is 36.7 cm³/mol. The van der Waals surface area contributed by atoms with E-state index in [2.05, 4.69) is 0 Å². The van der Waals surface area contributed by atoms with E-state index in [1.165, 1.54) is 0 Å². The highest BCUT2D eigenvalue weighted by atomic mass is 16.4. The number of carboxylic acid groups (broad SMARTS) is 1. The third-order valence-electron chi connectivity index (χ3n) is 0.549. The highest BCUT2D eigenvalue weighted by Crippen LogP contribution is 1.70. The van der Waals surface area contributed by atoms with Gasteiger partial charge < -0.3 is 15.3 Å². The SMILES string of the molecule is CCCO.O=C(O)CCO. The van der Waals surface area contributed by atoms with E-state index in [4.69, 9.17) is 15.3 Å². The molecule has 0 aromatic carbocycles. The molecule has 0 aromatic rings. The third kappa shape index (κ3) is 26.3. The topological polar surface area (TPSA) is 77.8 Å². The van der Waals surface area contributed by atoms with Crippen LogP contribution in [0.5, 0.6) is 0 Å². The molecule has 0 aliphatic carbocycles. The van der Waals surface area contributed by atoms with Gasteiger partial charge in [0.1, 0.15) is 0 Å². The van der Waals surface area contributed by atoms with Crippen LogP contribution >= 0.6 is 0 Å². The summed E-state index contributed by atoms with van der Waals surface area (Å²) in [6.07, 6.45) is 0.722. The molecule has 62 valence electrons. The molecule has 0 aliphatic rings. The number of aliphatic carboxylic acids is 1. The van der Waals surface area contributed by atoms with Gasteiger partial charge in [0.25, 0.3) is 0 Å². The van der Waals surface area contributed by atoms with Crippen molar-refractivity contribution in [3.63, 3.8) is 0 Å². The molecule has 0 fully saturated rings. The van der Waals surface area contributed by atoms with Gasteiger partial charge in [-0.3, -0.25) is 4.79 Å². The molecule has 4 nitrogen and oxygen atoms in total. The lowest BCUT2D eigenvalue weighted by Crippen LogP contribution is -1.96. The molecule has 0 unspecified atom stereocenters. The Morgan fingerprint density at radius 3 is 1.70 bits per heavy atom. The summed E-state index contributed by atoms with van der Waals surface area (Å²) in [7, 11) is 0. The Morgan fingerprint density at radius 2 is 1.70 bits per heavy atom. The van der Waals surface area contributed by atoms with E-state index in [1.807, 2.05) is 6.92 Å².